The van der Waals surface area contributed by atoms with Crippen molar-refractivity contribution in [3.05, 3.63) is 58.4 Å². The van der Waals surface area contributed by atoms with Crippen molar-refractivity contribution in [1.82, 2.24) is 5.09 Å². The molecule has 0 saturated heterocycles. The quantitative estimate of drug-likeness (QED) is 0.173. The van der Waals surface area contributed by atoms with Crippen molar-refractivity contribution in [2.24, 2.45) is 0 Å². The Balaban J connectivity index is 2.46. The lowest BCUT2D eigenvalue weighted by Gasteiger charge is -2.24. The third kappa shape index (κ3) is 6.09. The van der Waals surface area contributed by atoms with E-state index in [1.54, 1.807) is 0 Å². The van der Waals surface area contributed by atoms with Crippen molar-refractivity contribution in [2.45, 2.75) is 32.9 Å². The fraction of sp³-hybridized carbons (Fsp3) is 0.278. The number of nitrogens with one attached hydrogen (secondary N) is 1. The van der Waals surface area contributed by atoms with E-state index in [0.29, 0.717) is 0 Å². The molecule has 0 aliphatic rings. The van der Waals surface area contributed by atoms with Crippen LogP contribution < -0.4 is 14.1 Å². The second-order valence-electron chi connectivity index (χ2n) is 6.37. The summed E-state index contributed by atoms with van der Waals surface area (Å²) in [4.78, 5) is 12.0. The molecule has 0 aromatic heterocycles. The van der Waals surface area contributed by atoms with Crippen molar-refractivity contribution < 1.29 is 45.1 Å². The average Bonchev–Trinajstić information content (AvgIpc) is 2.69. The molecule has 1 N–H and O–H groups in total. The summed E-state index contributed by atoms with van der Waals surface area (Å²) >= 11 is 5.73. The van der Waals surface area contributed by atoms with Crippen molar-refractivity contribution in [3.63, 3.8) is 0 Å². The maximum absolute atomic E-state index is 14.0. The minimum Gasteiger partial charge on any atom is -0.462 e. The first-order chi connectivity index (χ1) is 14.3. The lowest BCUT2D eigenvalue weighted by atomic mass is 10.3. The largest absolute Gasteiger partial charge is 0.513 e. The van der Waals surface area contributed by atoms with Crippen LogP contribution in [0.25, 0.3) is 0 Å². The van der Waals surface area contributed by atoms with Crippen LogP contribution in [0.2, 0.25) is 5.02 Å². The van der Waals surface area contributed by atoms with Crippen LogP contribution in [-0.4, -0.2) is 18.1 Å². The summed E-state index contributed by atoms with van der Waals surface area (Å²) in [5, 5.41) is 2.30. The second-order valence-corrected chi connectivity index (χ2v) is 8.42. The maximum Gasteiger partial charge on any atom is 0.513 e. The second kappa shape index (κ2) is 9.84. The van der Waals surface area contributed by atoms with Crippen LogP contribution in [0.4, 0.5) is 22.0 Å². The van der Waals surface area contributed by atoms with Gasteiger partial charge < -0.3 is 13.8 Å². The number of halogens is 6. The standard InChI is InChI=1S/C18H16ClF5NO5P/c1-8(2)28-18(26)9(3)25-31(27,29-11-6-4-10(19)5-7-11)30-17-15(23)13(21)12(20)14(22)16(17)24/h4-9H,1-3H3,(H,25,27)/t9-,31?/m0/s1. The van der Waals surface area contributed by atoms with Gasteiger partial charge in [0, 0.05) is 5.02 Å². The molecule has 0 fully saturated rings. The van der Waals surface area contributed by atoms with Crippen LogP contribution >= 0.6 is 19.3 Å². The van der Waals surface area contributed by atoms with Crippen molar-refractivity contribution >= 4 is 25.3 Å². The van der Waals surface area contributed by atoms with Gasteiger partial charge in [-0.3, -0.25) is 4.79 Å². The highest BCUT2D eigenvalue weighted by atomic mass is 35.5. The molecular formula is C18H16ClF5NO5P. The smallest absolute Gasteiger partial charge is 0.462 e. The topological polar surface area (TPSA) is 73.9 Å². The van der Waals surface area contributed by atoms with E-state index in [-0.39, 0.29) is 10.8 Å². The lowest BCUT2D eigenvalue weighted by Crippen LogP contribution is -2.37. The van der Waals surface area contributed by atoms with Gasteiger partial charge in [-0.25, -0.2) is 17.7 Å². The van der Waals surface area contributed by atoms with Gasteiger partial charge in [-0.1, -0.05) is 11.6 Å². The Kier molecular flexibility index (Phi) is 7.91. The van der Waals surface area contributed by atoms with Gasteiger partial charge in [-0.2, -0.15) is 13.9 Å². The van der Waals surface area contributed by atoms with Crippen LogP contribution in [0.3, 0.4) is 0 Å². The highest BCUT2D eigenvalue weighted by molar-refractivity contribution is 7.52. The Bertz CT molecular complexity index is 992. The Morgan fingerprint density at radius 2 is 1.39 bits per heavy atom. The number of esters is 1. The molecule has 0 amide bonds. The molecule has 0 bridgehead atoms. The Labute approximate surface area is 178 Å². The molecule has 0 aliphatic carbocycles. The highest BCUT2D eigenvalue weighted by Crippen LogP contribution is 2.47. The summed E-state index contributed by atoms with van der Waals surface area (Å²) in [5.74, 6) is -14.8. The molecule has 0 saturated carbocycles. The molecule has 1 unspecified atom stereocenters. The zero-order valence-electron chi connectivity index (χ0n) is 16.2. The van der Waals surface area contributed by atoms with Crippen LogP contribution in [-0.2, 0) is 14.1 Å². The molecular weight excluding hydrogens is 472 g/mol. The Morgan fingerprint density at radius 1 is 0.903 bits per heavy atom. The van der Waals surface area contributed by atoms with E-state index >= 15 is 0 Å². The zero-order chi connectivity index (χ0) is 23.5. The lowest BCUT2D eigenvalue weighted by molar-refractivity contribution is -0.149. The Hall–Kier alpha value is -2.36. The van der Waals surface area contributed by atoms with Crippen molar-refractivity contribution in [2.75, 3.05) is 0 Å². The monoisotopic (exact) mass is 487 g/mol. The van der Waals surface area contributed by atoms with Crippen LogP contribution in [0, 0.1) is 29.1 Å². The van der Waals surface area contributed by atoms with Gasteiger partial charge in [0.15, 0.2) is 0 Å². The highest BCUT2D eigenvalue weighted by Gasteiger charge is 2.38. The minimum absolute atomic E-state index is 0.214. The number of rotatable bonds is 8. The van der Waals surface area contributed by atoms with Crippen LogP contribution in [0.5, 0.6) is 11.5 Å². The molecule has 0 heterocycles. The molecule has 2 aromatic carbocycles. The van der Waals surface area contributed by atoms with Crippen LogP contribution in [0.1, 0.15) is 20.8 Å². The Morgan fingerprint density at radius 3 is 1.87 bits per heavy atom. The maximum atomic E-state index is 14.0. The van der Waals surface area contributed by atoms with E-state index in [1.165, 1.54) is 38.1 Å². The molecule has 6 nitrogen and oxygen atoms in total. The van der Waals surface area contributed by atoms with E-state index < -0.39 is 60.7 Å². The van der Waals surface area contributed by atoms with Gasteiger partial charge in [0.05, 0.1) is 6.10 Å². The predicted octanol–water partition coefficient (Wildman–Crippen LogP) is 5.53. The zero-order valence-corrected chi connectivity index (χ0v) is 17.9. The molecule has 0 radical (unpaired) electrons. The summed E-state index contributed by atoms with van der Waals surface area (Å²) in [6, 6.07) is 3.55. The van der Waals surface area contributed by atoms with E-state index in [4.69, 9.17) is 20.9 Å². The SMILES string of the molecule is CC(C)OC(=O)[C@H](C)NP(=O)(Oc1ccc(Cl)cc1)Oc1c(F)c(F)c(F)c(F)c1F. The fourth-order valence-corrected chi connectivity index (χ4v) is 3.76. The fourth-order valence-electron chi connectivity index (χ4n) is 2.11. The third-order valence-electron chi connectivity index (χ3n) is 3.48. The first kappa shape index (κ1) is 24.9. The normalized spacial score (nSPS) is 14.1. The number of carbonyl (C=O) groups is 1. The van der Waals surface area contributed by atoms with Crippen molar-refractivity contribution in [3.8, 4) is 11.5 Å². The molecule has 2 aromatic rings. The summed E-state index contributed by atoms with van der Waals surface area (Å²) in [5.41, 5.74) is 0. The van der Waals surface area contributed by atoms with Gasteiger partial charge in [-0.05, 0) is 45.0 Å². The molecule has 13 heteroatoms. The summed E-state index contributed by atoms with van der Waals surface area (Å²) in [6.45, 7) is 4.21. The first-order valence-electron chi connectivity index (χ1n) is 8.59. The van der Waals surface area contributed by atoms with E-state index in [9.17, 15) is 31.3 Å². The predicted molar refractivity (Wildman–Crippen MR) is 100 cm³/mol. The molecule has 2 atom stereocenters. The van der Waals surface area contributed by atoms with Gasteiger partial charge in [0.1, 0.15) is 11.8 Å². The molecule has 2 rings (SSSR count). The number of benzene rings is 2. The number of hydrogen-bond donors (Lipinski definition) is 1. The first-order valence-corrected chi connectivity index (χ1v) is 10.5. The van der Waals surface area contributed by atoms with E-state index in [1.807, 2.05) is 5.09 Å². The summed E-state index contributed by atoms with van der Waals surface area (Å²) < 4.78 is 96.2. The van der Waals surface area contributed by atoms with Gasteiger partial charge in [0.25, 0.3) is 0 Å². The molecule has 0 aliphatic heterocycles. The van der Waals surface area contributed by atoms with Gasteiger partial charge in [0.2, 0.25) is 34.8 Å². The number of ether oxygens (including phenoxy) is 1. The van der Waals surface area contributed by atoms with Crippen LogP contribution in [0.15, 0.2) is 24.3 Å². The molecule has 170 valence electrons. The summed E-state index contributed by atoms with van der Waals surface area (Å²) in [7, 11) is -4.97. The number of hydrogen-bond acceptors (Lipinski definition) is 5. The molecule has 0 spiro atoms. The third-order valence-corrected chi connectivity index (χ3v) is 5.31. The van der Waals surface area contributed by atoms with Gasteiger partial charge in [-0.15, -0.1) is 0 Å². The van der Waals surface area contributed by atoms with Gasteiger partial charge >= 0.3 is 13.7 Å². The summed E-state index contributed by atoms with van der Waals surface area (Å²) in [6.07, 6.45) is -0.565. The molecule has 31 heavy (non-hydrogen) atoms. The van der Waals surface area contributed by atoms with Crippen molar-refractivity contribution in [1.29, 1.82) is 0 Å². The minimum atomic E-state index is -4.97. The van der Waals surface area contributed by atoms with E-state index in [2.05, 4.69) is 4.52 Å². The number of carbonyl (C=O) groups excluding carboxylic acids is 1. The van der Waals surface area contributed by atoms with E-state index in [0.717, 1.165) is 6.92 Å². The average molecular weight is 488 g/mol.